The number of pyridine rings is 1. The Labute approximate surface area is 114 Å². The predicted octanol–water partition coefficient (Wildman–Crippen LogP) is -0.460. The molecule has 0 fully saturated rings. The average Bonchev–Trinajstić information content (AvgIpc) is 2.38. The molecular weight excluding hydrogens is 268 g/mol. The van der Waals surface area contributed by atoms with Gasteiger partial charge in [-0.15, -0.1) is 0 Å². The van der Waals surface area contributed by atoms with Crippen molar-refractivity contribution in [2.24, 2.45) is 5.73 Å². The van der Waals surface area contributed by atoms with E-state index in [2.05, 4.69) is 15.6 Å². The lowest BCUT2D eigenvalue weighted by Gasteiger charge is -2.13. The van der Waals surface area contributed by atoms with Crippen molar-refractivity contribution < 1.29 is 24.2 Å². The zero-order valence-corrected chi connectivity index (χ0v) is 10.6. The first kappa shape index (κ1) is 15.2. The Morgan fingerprint density at radius 3 is 2.60 bits per heavy atom. The Balaban J connectivity index is 2.60. The van der Waals surface area contributed by atoms with Gasteiger partial charge in [-0.25, -0.2) is 14.6 Å². The number of hydrogen-bond donors (Lipinski definition) is 4. The Hall–Kier alpha value is -2.84. The smallest absolute Gasteiger partial charge is 0.326 e. The van der Waals surface area contributed by atoms with Gasteiger partial charge in [0.1, 0.15) is 6.04 Å². The molecule has 0 bridgehead atoms. The summed E-state index contributed by atoms with van der Waals surface area (Å²) in [5.41, 5.74) is 5.23. The number of rotatable bonds is 6. The number of carboxylic acid groups (broad SMARTS) is 1. The van der Waals surface area contributed by atoms with E-state index >= 15 is 0 Å². The van der Waals surface area contributed by atoms with E-state index in [1.807, 2.05) is 0 Å². The van der Waals surface area contributed by atoms with Crippen LogP contribution in [0.25, 0.3) is 0 Å². The molecular formula is C11H14N4O5. The van der Waals surface area contributed by atoms with Crippen LogP contribution in [0.5, 0.6) is 5.88 Å². The summed E-state index contributed by atoms with van der Waals surface area (Å²) in [5.74, 6) is -1.82. The van der Waals surface area contributed by atoms with Crippen LogP contribution < -0.4 is 21.1 Å². The summed E-state index contributed by atoms with van der Waals surface area (Å²) in [4.78, 5) is 36.9. The van der Waals surface area contributed by atoms with Gasteiger partial charge in [-0.2, -0.15) is 0 Å². The van der Waals surface area contributed by atoms with Crippen molar-refractivity contribution in [1.82, 2.24) is 10.3 Å². The number of carbonyl (C=O) groups excluding carboxylic acids is 2. The van der Waals surface area contributed by atoms with E-state index in [1.54, 1.807) is 0 Å². The van der Waals surface area contributed by atoms with Crippen LogP contribution in [0.2, 0.25) is 0 Å². The number of nitrogens with two attached hydrogens (primary N) is 1. The summed E-state index contributed by atoms with van der Waals surface area (Å²) in [7, 11) is 1.45. The minimum absolute atomic E-state index is 0.339. The number of aliphatic carboxylic acids is 1. The van der Waals surface area contributed by atoms with Crippen LogP contribution in [0, 0.1) is 0 Å². The van der Waals surface area contributed by atoms with E-state index in [4.69, 9.17) is 15.6 Å². The molecule has 0 aliphatic heterocycles. The minimum atomic E-state index is -1.39. The molecule has 1 rings (SSSR count). The molecule has 9 heteroatoms. The second-order valence-electron chi connectivity index (χ2n) is 3.75. The number of nitrogens with one attached hydrogen (secondary N) is 2. The van der Waals surface area contributed by atoms with E-state index in [9.17, 15) is 14.4 Å². The number of nitrogens with zero attached hydrogens (tertiary/aromatic N) is 1. The number of aromatic nitrogens is 1. The Morgan fingerprint density at radius 1 is 1.45 bits per heavy atom. The first-order valence-corrected chi connectivity index (χ1v) is 5.51. The second-order valence-corrected chi connectivity index (χ2v) is 3.75. The topological polar surface area (TPSA) is 144 Å². The fourth-order valence-electron chi connectivity index (χ4n) is 1.30. The molecule has 0 aliphatic rings. The van der Waals surface area contributed by atoms with Crippen molar-refractivity contribution in [2.75, 3.05) is 12.4 Å². The maximum atomic E-state index is 11.6. The number of urea groups is 1. The molecule has 1 heterocycles. The third kappa shape index (κ3) is 4.80. The van der Waals surface area contributed by atoms with Crippen LogP contribution in [0.3, 0.4) is 0 Å². The summed E-state index contributed by atoms with van der Waals surface area (Å²) in [6, 6.07) is 0.868. The van der Waals surface area contributed by atoms with Gasteiger partial charge < -0.3 is 26.2 Å². The van der Waals surface area contributed by atoms with Crippen LogP contribution in [0.1, 0.15) is 6.42 Å². The van der Waals surface area contributed by atoms with Crippen LogP contribution in [-0.2, 0) is 9.59 Å². The first-order chi connectivity index (χ1) is 9.42. The summed E-state index contributed by atoms with van der Waals surface area (Å²) in [6.07, 6.45) is 0.839. The monoisotopic (exact) mass is 282 g/mol. The number of hydrogen-bond acceptors (Lipinski definition) is 5. The molecule has 0 aliphatic carbocycles. The van der Waals surface area contributed by atoms with Crippen molar-refractivity contribution in [3.8, 4) is 5.88 Å². The predicted molar refractivity (Wildman–Crippen MR) is 68.2 cm³/mol. The number of anilines is 1. The van der Waals surface area contributed by atoms with Gasteiger partial charge in [0.15, 0.2) is 0 Å². The zero-order chi connectivity index (χ0) is 15.1. The molecule has 0 unspecified atom stereocenters. The van der Waals surface area contributed by atoms with Crippen LogP contribution in [0.15, 0.2) is 18.3 Å². The number of carboxylic acids is 1. The highest BCUT2D eigenvalue weighted by atomic mass is 16.5. The van der Waals surface area contributed by atoms with Gasteiger partial charge in [0.2, 0.25) is 11.8 Å². The van der Waals surface area contributed by atoms with Gasteiger partial charge in [-0.3, -0.25) is 4.79 Å². The normalized spacial score (nSPS) is 11.2. The minimum Gasteiger partial charge on any atom is -0.481 e. The molecule has 1 aromatic rings. The van der Waals surface area contributed by atoms with Crippen molar-refractivity contribution in [3.05, 3.63) is 18.3 Å². The summed E-state index contributed by atoms with van der Waals surface area (Å²) in [6.45, 7) is 0. The van der Waals surface area contributed by atoms with Crippen molar-refractivity contribution in [3.63, 3.8) is 0 Å². The average molecular weight is 282 g/mol. The summed E-state index contributed by atoms with van der Waals surface area (Å²) >= 11 is 0. The molecule has 0 spiro atoms. The lowest BCUT2D eigenvalue weighted by Crippen LogP contribution is -2.45. The molecule has 1 aromatic heterocycles. The number of methoxy groups -OCH3 is 1. The quantitative estimate of drug-likeness (QED) is 0.555. The van der Waals surface area contributed by atoms with Crippen LogP contribution >= 0.6 is 0 Å². The van der Waals surface area contributed by atoms with E-state index in [-0.39, 0.29) is 0 Å². The lowest BCUT2D eigenvalue weighted by atomic mass is 10.2. The third-order valence-electron chi connectivity index (χ3n) is 2.21. The third-order valence-corrected chi connectivity index (χ3v) is 2.21. The Bertz CT molecular complexity index is 502. The highest BCUT2D eigenvalue weighted by Crippen LogP contribution is 2.10. The van der Waals surface area contributed by atoms with Gasteiger partial charge in [0.25, 0.3) is 0 Å². The number of amides is 3. The molecule has 1 atom stereocenters. The van der Waals surface area contributed by atoms with Crippen molar-refractivity contribution in [2.45, 2.75) is 12.5 Å². The van der Waals surface area contributed by atoms with Crippen molar-refractivity contribution >= 4 is 23.6 Å². The molecule has 20 heavy (non-hydrogen) atoms. The second kappa shape index (κ2) is 6.92. The number of primary amides is 1. The standard InChI is InChI=1S/C11H14N4O5/c1-20-9-3-2-6(5-13-9)14-11(19)15-7(10(17)18)4-8(12)16/h2-3,5,7H,4H2,1H3,(H2,12,16)(H,17,18)(H2,14,15,19)/t7-/m1/s1. The highest BCUT2D eigenvalue weighted by Gasteiger charge is 2.22. The zero-order valence-electron chi connectivity index (χ0n) is 10.6. The van der Waals surface area contributed by atoms with E-state index < -0.39 is 30.4 Å². The van der Waals surface area contributed by atoms with Crippen molar-refractivity contribution in [1.29, 1.82) is 0 Å². The van der Waals surface area contributed by atoms with Crippen LogP contribution in [0.4, 0.5) is 10.5 Å². The molecule has 0 saturated heterocycles. The van der Waals surface area contributed by atoms with E-state index in [1.165, 1.54) is 25.4 Å². The molecule has 9 nitrogen and oxygen atoms in total. The summed E-state index contributed by atoms with van der Waals surface area (Å²) < 4.78 is 4.85. The van der Waals surface area contributed by atoms with Crippen LogP contribution in [-0.4, -0.2) is 41.1 Å². The summed E-state index contributed by atoms with van der Waals surface area (Å²) in [5, 5.41) is 13.3. The van der Waals surface area contributed by atoms with E-state index in [0.29, 0.717) is 11.6 Å². The van der Waals surface area contributed by atoms with Gasteiger partial charge in [0, 0.05) is 6.07 Å². The molecule has 0 saturated carbocycles. The fraction of sp³-hybridized carbons (Fsp3) is 0.273. The number of carbonyl (C=O) groups is 3. The Kier molecular flexibility index (Phi) is 5.27. The molecule has 3 amide bonds. The van der Waals surface area contributed by atoms with Gasteiger partial charge in [-0.05, 0) is 6.07 Å². The van der Waals surface area contributed by atoms with Gasteiger partial charge in [0.05, 0.1) is 25.4 Å². The maximum Gasteiger partial charge on any atom is 0.326 e. The molecule has 0 aromatic carbocycles. The maximum absolute atomic E-state index is 11.6. The van der Waals surface area contributed by atoms with Gasteiger partial charge in [-0.1, -0.05) is 0 Å². The molecule has 5 N–H and O–H groups in total. The number of ether oxygens (including phenoxy) is 1. The SMILES string of the molecule is COc1ccc(NC(=O)N[C@H](CC(N)=O)C(=O)O)cn1. The van der Waals surface area contributed by atoms with E-state index in [0.717, 1.165) is 0 Å². The fourth-order valence-corrected chi connectivity index (χ4v) is 1.30. The molecule has 108 valence electrons. The van der Waals surface area contributed by atoms with Gasteiger partial charge >= 0.3 is 12.0 Å². The highest BCUT2D eigenvalue weighted by molar-refractivity contribution is 5.93. The Morgan fingerprint density at radius 2 is 2.15 bits per heavy atom. The largest absolute Gasteiger partial charge is 0.481 e. The molecule has 0 radical (unpaired) electrons. The lowest BCUT2D eigenvalue weighted by molar-refractivity contribution is -0.140. The first-order valence-electron chi connectivity index (χ1n) is 5.51.